The van der Waals surface area contributed by atoms with Crippen LogP contribution in [0.1, 0.15) is 11.4 Å². The Morgan fingerprint density at radius 1 is 1.28 bits per heavy atom. The molecule has 2 aromatic heterocycles. The molecule has 0 amide bonds. The Hall–Kier alpha value is -1.94. The third kappa shape index (κ3) is 1.24. The molecule has 0 saturated heterocycles. The lowest BCUT2D eigenvalue weighted by molar-refractivity contribution is 0.0831. The minimum absolute atomic E-state index is 0.599. The Balaban J connectivity index is 2.23. The van der Waals surface area contributed by atoms with Crippen molar-refractivity contribution in [2.75, 3.05) is 6.61 Å². The number of aryl methyl sites for hydroxylation is 1. The summed E-state index contributed by atoms with van der Waals surface area (Å²) in [6, 6.07) is 6.23. The predicted molar refractivity (Wildman–Crippen MR) is 69.4 cm³/mol. The van der Waals surface area contributed by atoms with Gasteiger partial charge in [-0.25, -0.2) is 4.98 Å². The standard InChI is InChI=1S/C14H13N3O/c1-9-3-2-4-10-13(9)14-11(7-15-10)16-12-8-18-6-5-17(12)14/h2-4,7H,5-6,8H2,1H3. The number of hydrogen-bond acceptors (Lipinski definition) is 3. The molecule has 0 spiro atoms. The van der Waals surface area contributed by atoms with Gasteiger partial charge in [0, 0.05) is 11.9 Å². The van der Waals surface area contributed by atoms with Crippen LogP contribution in [0.25, 0.3) is 21.9 Å². The number of nitrogens with zero attached hydrogens (tertiary/aromatic N) is 3. The summed E-state index contributed by atoms with van der Waals surface area (Å²) in [5.41, 5.74) is 4.46. The quantitative estimate of drug-likeness (QED) is 0.605. The molecule has 18 heavy (non-hydrogen) atoms. The Kier molecular flexibility index (Phi) is 1.96. The van der Waals surface area contributed by atoms with Crippen molar-refractivity contribution in [1.29, 1.82) is 0 Å². The van der Waals surface area contributed by atoms with E-state index < -0.39 is 0 Å². The van der Waals surface area contributed by atoms with Gasteiger partial charge < -0.3 is 9.30 Å². The predicted octanol–water partition coefficient (Wildman–Crippen LogP) is 2.42. The van der Waals surface area contributed by atoms with Crippen LogP contribution in [0, 0.1) is 6.92 Å². The summed E-state index contributed by atoms with van der Waals surface area (Å²) in [6.45, 7) is 4.36. The second-order valence-electron chi connectivity index (χ2n) is 4.69. The number of rotatable bonds is 0. The van der Waals surface area contributed by atoms with Crippen molar-refractivity contribution in [2.45, 2.75) is 20.1 Å². The van der Waals surface area contributed by atoms with Crippen LogP contribution in [0.15, 0.2) is 24.4 Å². The molecule has 0 unspecified atom stereocenters. The van der Waals surface area contributed by atoms with Gasteiger partial charge in [-0.3, -0.25) is 4.98 Å². The summed E-state index contributed by atoms with van der Waals surface area (Å²) < 4.78 is 7.74. The first kappa shape index (κ1) is 10.0. The van der Waals surface area contributed by atoms with Crippen LogP contribution in [-0.2, 0) is 17.9 Å². The summed E-state index contributed by atoms with van der Waals surface area (Å²) in [7, 11) is 0. The SMILES string of the molecule is Cc1cccc2ncc3nc4n(c3c12)CCOC4. The van der Waals surface area contributed by atoms with Gasteiger partial charge in [0.05, 0.1) is 23.8 Å². The van der Waals surface area contributed by atoms with Gasteiger partial charge in [-0.15, -0.1) is 0 Å². The molecular weight excluding hydrogens is 226 g/mol. The number of ether oxygens (including phenoxy) is 1. The number of fused-ring (bicyclic) bond motifs is 5. The van der Waals surface area contributed by atoms with Crippen molar-refractivity contribution >= 4 is 21.9 Å². The summed E-state index contributed by atoms with van der Waals surface area (Å²) in [5, 5.41) is 1.22. The number of benzene rings is 1. The van der Waals surface area contributed by atoms with Crippen LogP contribution in [0.2, 0.25) is 0 Å². The lowest BCUT2D eigenvalue weighted by Crippen LogP contribution is -2.16. The molecule has 3 aromatic rings. The van der Waals surface area contributed by atoms with Crippen LogP contribution in [0.3, 0.4) is 0 Å². The number of hydrogen-bond donors (Lipinski definition) is 0. The highest BCUT2D eigenvalue weighted by molar-refractivity contribution is 6.04. The molecule has 1 aromatic carbocycles. The first-order valence-electron chi connectivity index (χ1n) is 6.16. The molecule has 0 bridgehead atoms. The Morgan fingerprint density at radius 2 is 2.22 bits per heavy atom. The monoisotopic (exact) mass is 239 g/mol. The van der Waals surface area contributed by atoms with Gasteiger partial charge in [-0.1, -0.05) is 12.1 Å². The van der Waals surface area contributed by atoms with E-state index in [1.807, 2.05) is 12.3 Å². The molecule has 4 nitrogen and oxygen atoms in total. The van der Waals surface area contributed by atoms with Crippen molar-refractivity contribution in [3.05, 3.63) is 35.8 Å². The highest BCUT2D eigenvalue weighted by Gasteiger charge is 2.17. The lowest BCUT2D eigenvalue weighted by atomic mass is 10.1. The molecule has 0 fully saturated rings. The maximum absolute atomic E-state index is 5.46. The van der Waals surface area contributed by atoms with E-state index in [1.54, 1.807) is 0 Å². The molecule has 4 rings (SSSR count). The molecule has 0 N–H and O–H groups in total. The van der Waals surface area contributed by atoms with Crippen molar-refractivity contribution in [3.8, 4) is 0 Å². The first-order valence-corrected chi connectivity index (χ1v) is 6.16. The van der Waals surface area contributed by atoms with Gasteiger partial charge in [0.15, 0.2) is 0 Å². The molecule has 3 heterocycles. The molecule has 1 aliphatic rings. The van der Waals surface area contributed by atoms with Gasteiger partial charge in [0.2, 0.25) is 0 Å². The largest absolute Gasteiger partial charge is 0.372 e. The van der Waals surface area contributed by atoms with Crippen LogP contribution >= 0.6 is 0 Å². The maximum atomic E-state index is 5.46. The van der Waals surface area contributed by atoms with Crippen molar-refractivity contribution in [3.63, 3.8) is 0 Å². The summed E-state index contributed by atoms with van der Waals surface area (Å²) in [5.74, 6) is 1.01. The van der Waals surface area contributed by atoms with E-state index in [9.17, 15) is 0 Å². The molecule has 0 radical (unpaired) electrons. The van der Waals surface area contributed by atoms with Crippen LogP contribution < -0.4 is 0 Å². The zero-order chi connectivity index (χ0) is 12.1. The van der Waals surface area contributed by atoms with Gasteiger partial charge in [0.25, 0.3) is 0 Å². The molecule has 0 aliphatic carbocycles. The number of imidazole rings is 1. The smallest absolute Gasteiger partial charge is 0.136 e. The second-order valence-corrected chi connectivity index (χ2v) is 4.69. The third-order valence-corrected chi connectivity index (χ3v) is 3.58. The Morgan fingerprint density at radius 3 is 3.17 bits per heavy atom. The fraction of sp³-hybridized carbons (Fsp3) is 0.286. The minimum atomic E-state index is 0.599. The topological polar surface area (TPSA) is 39.9 Å². The summed E-state index contributed by atoms with van der Waals surface area (Å²) >= 11 is 0. The fourth-order valence-corrected chi connectivity index (χ4v) is 2.74. The molecule has 0 atom stereocenters. The molecule has 0 saturated carbocycles. The van der Waals surface area contributed by atoms with Crippen molar-refractivity contribution in [2.24, 2.45) is 0 Å². The number of aromatic nitrogens is 3. The highest BCUT2D eigenvalue weighted by Crippen LogP contribution is 2.28. The zero-order valence-electron chi connectivity index (χ0n) is 10.2. The van der Waals surface area contributed by atoms with Crippen LogP contribution in [-0.4, -0.2) is 21.1 Å². The van der Waals surface area contributed by atoms with E-state index in [2.05, 4.69) is 33.6 Å². The maximum Gasteiger partial charge on any atom is 0.136 e. The highest BCUT2D eigenvalue weighted by atomic mass is 16.5. The average molecular weight is 239 g/mol. The second kappa shape index (κ2) is 3.53. The van der Waals surface area contributed by atoms with E-state index in [0.29, 0.717) is 6.61 Å². The average Bonchev–Trinajstić information content (AvgIpc) is 2.77. The molecule has 1 aliphatic heterocycles. The van der Waals surface area contributed by atoms with E-state index in [1.165, 1.54) is 16.5 Å². The van der Waals surface area contributed by atoms with E-state index in [0.717, 1.165) is 30.0 Å². The van der Waals surface area contributed by atoms with E-state index in [-0.39, 0.29) is 0 Å². The summed E-state index contributed by atoms with van der Waals surface area (Å²) in [4.78, 5) is 9.12. The van der Waals surface area contributed by atoms with Gasteiger partial charge in [-0.2, -0.15) is 0 Å². The normalized spacial score (nSPS) is 15.2. The molecular formula is C14H13N3O. The van der Waals surface area contributed by atoms with Crippen LogP contribution in [0.5, 0.6) is 0 Å². The fourth-order valence-electron chi connectivity index (χ4n) is 2.74. The van der Waals surface area contributed by atoms with Crippen molar-refractivity contribution < 1.29 is 4.74 Å². The first-order chi connectivity index (χ1) is 8.84. The van der Waals surface area contributed by atoms with E-state index >= 15 is 0 Å². The third-order valence-electron chi connectivity index (χ3n) is 3.58. The molecule has 90 valence electrons. The van der Waals surface area contributed by atoms with Gasteiger partial charge in [-0.05, 0) is 18.6 Å². The Labute approximate surface area is 104 Å². The Bertz CT molecular complexity index is 760. The molecule has 4 heteroatoms. The van der Waals surface area contributed by atoms with E-state index in [4.69, 9.17) is 4.74 Å². The minimum Gasteiger partial charge on any atom is -0.372 e. The van der Waals surface area contributed by atoms with Crippen LogP contribution in [0.4, 0.5) is 0 Å². The van der Waals surface area contributed by atoms with Crippen molar-refractivity contribution in [1.82, 2.24) is 14.5 Å². The van der Waals surface area contributed by atoms with Gasteiger partial charge in [0.1, 0.15) is 17.9 Å². The number of pyridine rings is 1. The lowest BCUT2D eigenvalue weighted by Gasteiger charge is -2.15. The zero-order valence-corrected chi connectivity index (χ0v) is 10.2. The van der Waals surface area contributed by atoms with Gasteiger partial charge >= 0.3 is 0 Å². The summed E-state index contributed by atoms with van der Waals surface area (Å²) in [6.07, 6.45) is 1.86.